The zero-order valence-corrected chi connectivity index (χ0v) is 11.4. The summed E-state index contributed by atoms with van der Waals surface area (Å²) in [5, 5.41) is 3.27. The molecule has 1 unspecified atom stereocenters. The molecule has 96 valence electrons. The van der Waals surface area contributed by atoms with Crippen LogP contribution in [0.1, 0.15) is 5.69 Å². The van der Waals surface area contributed by atoms with Gasteiger partial charge in [-0.2, -0.15) is 0 Å². The van der Waals surface area contributed by atoms with E-state index in [0.29, 0.717) is 12.3 Å². The van der Waals surface area contributed by atoms with Crippen molar-refractivity contribution in [1.29, 1.82) is 0 Å². The summed E-state index contributed by atoms with van der Waals surface area (Å²) in [6.45, 7) is 2.66. The summed E-state index contributed by atoms with van der Waals surface area (Å²) in [6, 6.07) is 9.91. The molecule has 0 aliphatic heterocycles. The quantitative estimate of drug-likeness (QED) is 0.900. The third-order valence-electron chi connectivity index (χ3n) is 2.55. The summed E-state index contributed by atoms with van der Waals surface area (Å²) >= 11 is 0. The van der Waals surface area contributed by atoms with Crippen LogP contribution >= 0.6 is 0 Å². The maximum absolute atomic E-state index is 11.2. The van der Waals surface area contributed by atoms with Crippen LogP contribution < -0.4 is 5.32 Å². The number of anilines is 2. The van der Waals surface area contributed by atoms with Crippen LogP contribution in [0.15, 0.2) is 36.5 Å². The predicted molar refractivity (Wildman–Crippen MR) is 75.6 cm³/mol. The molecule has 0 spiro atoms. The molecular weight excluding hydrogens is 246 g/mol. The van der Waals surface area contributed by atoms with Gasteiger partial charge >= 0.3 is 0 Å². The largest absolute Gasteiger partial charge is 0.326 e. The Bertz CT molecular complexity index is 536. The smallest absolute Gasteiger partial charge is 0.207 e. The topological polar surface area (TPSA) is 46.9 Å². The minimum absolute atomic E-state index is 0.638. The average molecular weight is 263 g/mol. The highest BCUT2D eigenvalue weighted by Gasteiger charge is 2.06. The molecule has 0 saturated heterocycles. The highest BCUT2D eigenvalue weighted by Crippen LogP contribution is 2.15. The van der Waals surface area contributed by atoms with E-state index < -0.39 is 10.8 Å². The van der Waals surface area contributed by atoms with Crippen LogP contribution in [0.5, 0.6) is 0 Å². The van der Waals surface area contributed by atoms with Gasteiger partial charge in [0.15, 0.2) is 0 Å². The van der Waals surface area contributed by atoms with E-state index in [9.17, 15) is 4.21 Å². The third-order valence-corrected chi connectivity index (χ3v) is 3.30. The average Bonchev–Trinajstić information content (AvgIpc) is 2.68. The molecule has 4 nitrogen and oxygen atoms in total. The van der Waals surface area contributed by atoms with Gasteiger partial charge in [-0.3, -0.25) is 4.21 Å². The molecule has 0 saturated carbocycles. The second kappa shape index (κ2) is 5.82. The van der Waals surface area contributed by atoms with Gasteiger partial charge in [0.2, 0.25) is 5.95 Å². The van der Waals surface area contributed by atoms with E-state index in [0.717, 1.165) is 17.3 Å². The summed E-state index contributed by atoms with van der Waals surface area (Å²) < 4.78 is 13.2. The second-order valence-corrected chi connectivity index (χ2v) is 5.72. The minimum atomic E-state index is -0.788. The lowest BCUT2D eigenvalue weighted by molar-refractivity contribution is 0.678. The molecule has 1 aromatic carbocycles. The van der Waals surface area contributed by atoms with Crippen LogP contribution in [-0.4, -0.2) is 25.8 Å². The van der Waals surface area contributed by atoms with Crippen LogP contribution in [0.3, 0.4) is 0 Å². The number of benzene rings is 1. The molecule has 1 atom stereocenters. The summed E-state index contributed by atoms with van der Waals surface area (Å²) in [4.78, 5) is 4.44. The van der Waals surface area contributed by atoms with E-state index in [1.165, 1.54) is 0 Å². The number of imidazole rings is 1. The fourth-order valence-electron chi connectivity index (χ4n) is 1.69. The Labute approximate surface area is 110 Å². The standard InChI is InChI=1S/C13H17N3OS/c1-11-10-16(8-9-18(2)17)13(14-11)15-12-6-4-3-5-7-12/h3-7,10H,8-9H2,1-2H3,(H,14,15). The summed E-state index contributed by atoms with van der Waals surface area (Å²) in [5.74, 6) is 1.43. The van der Waals surface area contributed by atoms with E-state index in [2.05, 4.69) is 10.3 Å². The lowest BCUT2D eigenvalue weighted by Gasteiger charge is -2.08. The van der Waals surface area contributed by atoms with E-state index in [1.54, 1.807) is 6.26 Å². The molecule has 0 aliphatic carbocycles. The first-order chi connectivity index (χ1) is 8.65. The molecule has 5 heteroatoms. The molecule has 0 amide bonds. The number of nitrogens with zero attached hydrogens (tertiary/aromatic N) is 2. The van der Waals surface area contributed by atoms with E-state index in [4.69, 9.17) is 0 Å². The molecule has 18 heavy (non-hydrogen) atoms. The van der Waals surface area contributed by atoms with Gasteiger partial charge in [-0.15, -0.1) is 0 Å². The van der Waals surface area contributed by atoms with Gasteiger partial charge in [0.05, 0.1) is 5.69 Å². The molecule has 1 N–H and O–H groups in total. The Morgan fingerprint density at radius 2 is 2.06 bits per heavy atom. The van der Waals surface area contributed by atoms with Gasteiger partial charge in [-0.25, -0.2) is 4.98 Å². The maximum Gasteiger partial charge on any atom is 0.207 e. The highest BCUT2D eigenvalue weighted by molar-refractivity contribution is 7.84. The Morgan fingerprint density at radius 1 is 1.33 bits per heavy atom. The Balaban J connectivity index is 2.14. The number of aromatic nitrogens is 2. The van der Waals surface area contributed by atoms with Gasteiger partial charge in [-0.05, 0) is 19.1 Å². The first-order valence-corrected chi connectivity index (χ1v) is 7.54. The number of hydrogen-bond donors (Lipinski definition) is 1. The Hall–Kier alpha value is -1.62. The second-order valence-electron chi connectivity index (χ2n) is 4.17. The van der Waals surface area contributed by atoms with E-state index in [1.807, 2.05) is 48.0 Å². The molecule has 1 heterocycles. The lowest BCUT2D eigenvalue weighted by atomic mass is 10.3. The van der Waals surface area contributed by atoms with Crippen molar-refractivity contribution < 1.29 is 4.21 Å². The number of nitrogens with one attached hydrogen (secondary N) is 1. The molecule has 2 aromatic rings. The fourth-order valence-corrected chi connectivity index (χ4v) is 2.15. The van der Waals surface area contributed by atoms with Crippen molar-refractivity contribution in [3.8, 4) is 0 Å². The van der Waals surface area contributed by atoms with Crippen molar-refractivity contribution in [3.05, 3.63) is 42.2 Å². The van der Waals surface area contributed by atoms with Crippen molar-refractivity contribution in [2.75, 3.05) is 17.3 Å². The van der Waals surface area contributed by atoms with Gasteiger partial charge in [0.25, 0.3) is 0 Å². The van der Waals surface area contributed by atoms with Crippen molar-refractivity contribution in [3.63, 3.8) is 0 Å². The van der Waals surface area contributed by atoms with Crippen molar-refractivity contribution in [2.45, 2.75) is 13.5 Å². The number of rotatable bonds is 5. The first kappa shape index (κ1) is 12.8. The Kier molecular flexibility index (Phi) is 4.15. The zero-order chi connectivity index (χ0) is 13.0. The molecule has 0 radical (unpaired) electrons. The molecule has 0 aliphatic rings. The van der Waals surface area contributed by atoms with Crippen molar-refractivity contribution >= 4 is 22.4 Å². The Morgan fingerprint density at radius 3 is 2.72 bits per heavy atom. The van der Waals surface area contributed by atoms with Crippen LogP contribution in [0.25, 0.3) is 0 Å². The van der Waals surface area contributed by atoms with Crippen molar-refractivity contribution in [1.82, 2.24) is 9.55 Å². The molecule has 0 bridgehead atoms. The van der Waals surface area contributed by atoms with E-state index in [-0.39, 0.29) is 0 Å². The zero-order valence-electron chi connectivity index (χ0n) is 10.6. The maximum atomic E-state index is 11.2. The SMILES string of the molecule is Cc1cn(CCS(C)=O)c(Nc2ccccc2)n1. The molecule has 1 aromatic heterocycles. The molecule has 0 fully saturated rings. The fraction of sp³-hybridized carbons (Fsp3) is 0.308. The predicted octanol–water partition coefficient (Wildman–Crippen LogP) is 2.31. The monoisotopic (exact) mass is 263 g/mol. The van der Waals surface area contributed by atoms with Crippen LogP contribution in [0, 0.1) is 6.92 Å². The third kappa shape index (κ3) is 3.43. The summed E-state index contributed by atoms with van der Waals surface area (Å²) in [7, 11) is -0.788. The van der Waals surface area contributed by atoms with Gasteiger partial charge < -0.3 is 9.88 Å². The minimum Gasteiger partial charge on any atom is -0.326 e. The normalized spacial score (nSPS) is 12.3. The summed E-state index contributed by atoms with van der Waals surface area (Å²) in [5.41, 5.74) is 1.96. The van der Waals surface area contributed by atoms with Crippen LogP contribution in [0.2, 0.25) is 0 Å². The number of para-hydroxylation sites is 1. The number of aryl methyl sites for hydroxylation is 2. The number of hydrogen-bond acceptors (Lipinski definition) is 3. The van der Waals surface area contributed by atoms with Crippen LogP contribution in [-0.2, 0) is 17.3 Å². The van der Waals surface area contributed by atoms with E-state index >= 15 is 0 Å². The van der Waals surface area contributed by atoms with Crippen molar-refractivity contribution in [2.24, 2.45) is 0 Å². The highest BCUT2D eigenvalue weighted by atomic mass is 32.2. The molecular formula is C13H17N3OS. The van der Waals surface area contributed by atoms with Gasteiger partial charge in [0, 0.05) is 41.2 Å². The molecule has 2 rings (SSSR count). The summed E-state index contributed by atoms with van der Waals surface area (Å²) in [6.07, 6.45) is 3.69. The lowest BCUT2D eigenvalue weighted by Crippen LogP contribution is -2.08. The first-order valence-electron chi connectivity index (χ1n) is 5.81. The van der Waals surface area contributed by atoms with Gasteiger partial charge in [0.1, 0.15) is 0 Å². The van der Waals surface area contributed by atoms with Gasteiger partial charge in [-0.1, -0.05) is 18.2 Å². The van der Waals surface area contributed by atoms with Crippen LogP contribution in [0.4, 0.5) is 11.6 Å².